The second kappa shape index (κ2) is 9.91. The Labute approximate surface area is 173 Å². The second-order valence-corrected chi connectivity index (χ2v) is 7.36. The second-order valence-electron chi connectivity index (χ2n) is 6.35. The zero-order chi connectivity index (χ0) is 19.8. The lowest BCUT2D eigenvalue weighted by molar-refractivity contribution is 0.102. The normalized spacial score (nSPS) is 11.5. The van der Waals surface area contributed by atoms with Gasteiger partial charge in [0.05, 0.1) is 0 Å². The molecule has 144 valence electrons. The van der Waals surface area contributed by atoms with E-state index in [9.17, 15) is 4.79 Å². The molecule has 1 amide bonds. The lowest BCUT2D eigenvalue weighted by Crippen LogP contribution is -2.36. The van der Waals surface area contributed by atoms with Gasteiger partial charge in [0.1, 0.15) is 0 Å². The first kappa shape index (κ1) is 19.9. The van der Waals surface area contributed by atoms with Crippen molar-refractivity contribution in [2.24, 2.45) is 0 Å². The average Bonchev–Trinajstić information content (AvgIpc) is 3.24. The van der Waals surface area contributed by atoms with Gasteiger partial charge in [0.2, 0.25) is 0 Å². The number of carbonyl (C=O) groups is 1. The first-order valence-corrected chi connectivity index (χ1v) is 10.1. The maximum absolute atomic E-state index is 12.0. The van der Waals surface area contributed by atoms with E-state index in [1.54, 1.807) is 5.38 Å². The molecule has 0 spiro atoms. The molecule has 0 aliphatic carbocycles. The van der Waals surface area contributed by atoms with Crippen molar-refractivity contribution in [3.8, 4) is 0 Å². The number of anilines is 2. The van der Waals surface area contributed by atoms with E-state index in [4.69, 9.17) is 12.2 Å². The Balaban J connectivity index is 1.44. The molecule has 1 unspecified atom stereocenters. The number of thiocarbonyl (C=S) groups is 1. The smallest absolute Gasteiger partial charge is 0.277 e. The summed E-state index contributed by atoms with van der Waals surface area (Å²) in [5, 5.41) is 15.2. The minimum atomic E-state index is -0.279. The summed E-state index contributed by atoms with van der Waals surface area (Å²) < 4.78 is 3.69. The molecule has 28 heavy (non-hydrogen) atoms. The number of nitrogens with zero attached hydrogens (tertiary/aromatic N) is 2. The molecule has 1 aromatic heterocycles. The number of carbonyl (C=O) groups excluding carboxylic acids is 1. The van der Waals surface area contributed by atoms with Crippen molar-refractivity contribution in [2.45, 2.75) is 25.8 Å². The highest BCUT2D eigenvalue weighted by Gasteiger charge is 2.09. The van der Waals surface area contributed by atoms with Gasteiger partial charge in [-0.15, -0.1) is 5.10 Å². The Bertz CT molecular complexity index is 898. The topological polar surface area (TPSA) is 78.9 Å². The highest BCUT2D eigenvalue weighted by molar-refractivity contribution is 7.80. The third-order valence-corrected chi connectivity index (χ3v) is 4.80. The molecule has 0 radical (unpaired) electrons. The number of nitrogens with one attached hydrogen (secondary N) is 3. The van der Waals surface area contributed by atoms with Gasteiger partial charge in [0, 0.05) is 22.8 Å². The summed E-state index contributed by atoms with van der Waals surface area (Å²) in [6, 6.07) is 18.0. The van der Waals surface area contributed by atoms with Gasteiger partial charge in [0.15, 0.2) is 10.8 Å². The minimum Gasteiger partial charge on any atom is -0.360 e. The summed E-state index contributed by atoms with van der Waals surface area (Å²) in [6.45, 7) is 2.11. The zero-order valence-electron chi connectivity index (χ0n) is 15.4. The van der Waals surface area contributed by atoms with Crippen LogP contribution < -0.4 is 16.0 Å². The van der Waals surface area contributed by atoms with Crippen molar-refractivity contribution in [3.05, 3.63) is 71.2 Å². The molecule has 3 rings (SSSR count). The molecule has 3 N–H and O–H groups in total. The van der Waals surface area contributed by atoms with E-state index in [1.807, 2.05) is 30.3 Å². The molecule has 0 fully saturated rings. The number of hydrogen-bond donors (Lipinski definition) is 3. The van der Waals surface area contributed by atoms with E-state index in [0.29, 0.717) is 16.5 Å². The van der Waals surface area contributed by atoms with Gasteiger partial charge in [-0.25, -0.2) is 0 Å². The Hall–Kier alpha value is -2.84. The summed E-state index contributed by atoms with van der Waals surface area (Å²) in [7, 11) is 0. The van der Waals surface area contributed by atoms with Crippen LogP contribution in [-0.4, -0.2) is 26.6 Å². The van der Waals surface area contributed by atoms with E-state index in [2.05, 4.69) is 56.7 Å². The molecule has 2 aromatic carbocycles. The van der Waals surface area contributed by atoms with Crippen LogP contribution in [0.5, 0.6) is 0 Å². The fourth-order valence-corrected chi connectivity index (χ4v) is 3.34. The number of rotatable bonds is 7. The predicted octanol–water partition coefficient (Wildman–Crippen LogP) is 4.10. The van der Waals surface area contributed by atoms with Crippen LogP contribution >= 0.6 is 23.8 Å². The van der Waals surface area contributed by atoms with E-state index >= 15 is 0 Å². The monoisotopic (exact) mass is 411 g/mol. The largest absolute Gasteiger partial charge is 0.360 e. The molecular formula is C20H21N5OS2. The first-order chi connectivity index (χ1) is 13.6. The van der Waals surface area contributed by atoms with Gasteiger partial charge in [-0.1, -0.05) is 34.8 Å². The number of amides is 1. The van der Waals surface area contributed by atoms with Crippen molar-refractivity contribution in [3.63, 3.8) is 0 Å². The SMILES string of the molecule is CC(CCc1ccccc1)NC(=S)Nc1ccc(NC(=O)c2csnn2)cc1. The van der Waals surface area contributed by atoms with E-state index in [-0.39, 0.29) is 11.9 Å². The molecule has 0 bridgehead atoms. The molecule has 0 aliphatic rings. The molecule has 0 aliphatic heterocycles. The summed E-state index contributed by atoms with van der Waals surface area (Å²) >= 11 is 6.54. The maximum atomic E-state index is 12.0. The van der Waals surface area contributed by atoms with E-state index in [1.165, 1.54) is 5.56 Å². The number of aryl methyl sites for hydroxylation is 1. The summed E-state index contributed by atoms with van der Waals surface area (Å²) in [5.41, 5.74) is 3.16. The molecule has 1 atom stereocenters. The van der Waals surface area contributed by atoms with Gasteiger partial charge in [0.25, 0.3) is 5.91 Å². The molecule has 3 aromatic rings. The van der Waals surface area contributed by atoms with Crippen molar-refractivity contribution >= 4 is 46.1 Å². The van der Waals surface area contributed by atoms with Gasteiger partial charge in [-0.3, -0.25) is 4.79 Å². The molecule has 1 heterocycles. The summed E-state index contributed by atoms with van der Waals surface area (Å²) in [4.78, 5) is 12.0. The van der Waals surface area contributed by atoms with Crippen molar-refractivity contribution in [1.82, 2.24) is 14.9 Å². The van der Waals surface area contributed by atoms with Crippen LogP contribution in [0, 0.1) is 0 Å². The predicted molar refractivity (Wildman–Crippen MR) is 118 cm³/mol. The fourth-order valence-electron chi connectivity index (χ4n) is 2.59. The first-order valence-electron chi connectivity index (χ1n) is 8.90. The van der Waals surface area contributed by atoms with Crippen molar-refractivity contribution in [1.29, 1.82) is 0 Å². The van der Waals surface area contributed by atoms with Crippen LogP contribution in [0.1, 0.15) is 29.4 Å². The molecule has 8 heteroatoms. The van der Waals surface area contributed by atoms with Crippen LogP contribution in [0.2, 0.25) is 0 Å². The number of aromatic nitrogens is 2. The van der Waals surface area contributed by atoms with Crippen LogP contribution in [0.3, 0.4) is 0 Å². The van der Waals surface area contributed by atoms with Crippen molar-refractivity contribution in [2.75, 3.05) is 10.6 Å². The van der Waals surface area contributed by atoms with Crippen LogP contribution in [0.25, 0.3) is 0 Å². The quantitative estimate of drug-likeness (QED) is 0.508. The van der Waals surface area contributed by atoms with Gasteiger partial charge in [-0.2, -0.15) is 0 Å². The molecule has 0 saturated carbocycles. The van der Waals surface area contributed by atoms with E-state index in [0.717, 1.165) is 30.1 Å². The zero-order valence-corrected chi connectivity index (χ0v) is 17.0. The standard InChI is InChI=1S/C20H21N5OS2/c1-14(7-8-15-5-3-2-4-6-15)21-20(27)23-17-11-9-16(10-12-17)22-19(26)18-13-28-25-24-18/h2-6,9-14H,7-8H2,1H3,(H,22,26)(H2,21,23,27). The van der Waals surface area contributed by atoms with Gasteiger partial charge < -0.3 is 16.0 Å². The average molecular weight is 412 g/mol. The lowest BCUT2D eigenvalue weighted by atomic mass is 10.1. The molecule has 6 nitrogen and oxygen atoms in total. The summed E-state index contributed by atoms with van der Waals surface area (Å²) in [6.07, 6.45) is 1.99. The third-order valence-electron chi connectivity index (χ3n) is 4.08. The third kappa shape index (κ3) is 6.11. The number of hydrogen-bond acceptors (Lipinski definition) is 5. The number of benzene rings is 2. The molecular weight excluding hydrogens is 390 g/mol. The van der Waals surface area contributed by atoms with E-state index < -0.39 is 0 Å². The molecule has 0 saturated heterocycles. The van der Waals surface area contributed by atoms with Gasteiger partial charge >= 0.3 is 0 Å². The highest BCUT2D eigenvalue weighted by atomic mass is 32.1. The minimum absolute atomic E-state index is 0.255. The highest BCUT2D eigenvalue weighted by Crippen LogP contribution is 2.15. The Morgan fingerprint density at radius 1 is 1.07 bits per heavy atom. The Morgan fingerprint density at radius 3 is 2.39 bits per heavy atom. The van der Waals surface area contributed by atoms with Crippen LogP contribution in [0.4, 0.5) is 11.4 Å². The maximum Gasteiger partial charge on any atom is 0.277 e. The fraction of sp³-hybridized carbons (Fsp3) is 0.200. The van der Waals surface area contributed by atoms with Crippen molar-refractivity contribution < 1.29 is 4.79 Å². The Morgan fingerprint density at radius 2 is 1.75 bits per heavy atom. The summed E-state index contributed by atoms with van der Waals surface area (Å²) in [5.74, 6) is -0.279. The lowest BCUT2D eigenvalue weighted by Gasteiger charge is -2.17. The Kier molecular flexibility index (Phi) is 7.05. The van der Waals surface area contributed by atoms with Gasteiger partial charge in [-0.05, 0) is 73.3 Å². The van der Waals surface area contributed by atoms with Crippen LogP contribution in [0.15, 0.2) is 60.0 Å². The van der Waals surface area contributed by atoms with Crippen LogP contribution in [-0.2, 0) is 6.42 Å².